The molecule has 198 valence electrons. The van der Waals surface area contributed by atoms with Crippen LogP contribution >= 0.6 is 11.6 Å². The number of ether oxygens (including phenoxy) is 2. The minimum absolute atomic E-state index is 0.0830. The summed E-state index contributed by atoms with van der Waals surface area (Å²) in [5, 5.41) is 6.74. The van der Waals surface area contributed by atoms with E-state index in [1.54, 1.807) is 42.5 Å². The van der Waals surface area contributed by atoms with Gasteiger partial charge in [-0.1, -0.05) is 24.3 Å². The van der Waals surface area contributed by atoms with Gasteiger partial charge in [0, 0.05) is 47.9 Å². The monoisotopic (exact) mass is 534 g/mol. The molecule has 9 heteroatoms. The fourth-order valence-electron chi connectivity index (χ4n) is 4.18. The third-order valence-electron chi connectivity index (χ3n) is 5.97. The molecule has 38 heavy (non-hydrogen) atoms. The third kappa shape index (κ3) is 6.26. The molecular weight excluding hydrogens is 504 g/mol. The van der Waals surface area contributed by atoms with E-state index in [4.69, 9.17) is 21.1 Å². The highest BCUT2D eigenvalue weighted by atomic mass is 35.5. The molecule has 0 saturated carbocycles. The smallest absolute Gasteiger partial charge is 0.319 e. The fraction of sp³-hybridized carbons (Fsp3) is 0.276. The number of nitrogens with zero attached hydrogens (tertiary/aromatic N) is 2. The lowest BCUT2D eigenvalue weighted by molar-refractivity contribution is -0.125. The molecule has 1 aliphatic heterocycles. The van der Waals surface area contributed by atoms with Gasteiger partial charge in [-0.25, -0.2) is 4.79 Å². The van der Waals surface area contributed by atoms with Crippen LogP contribution < -0.4 is 20.1 Å². The van der Waals surface area contributed by atoms with Gasteiger partial charge < -0.3 is 25.0 Å². The molecule has 0 saturated heterocycles. The van der Waals surface area contributed by atoms with E-state index in [1.807, 2.05) is 39.0 Å². The van der Waals surface area contributed by atoms with Crippen LogP contribution in [0.1, 0.15) is 32.8 Å². The van der Waals surface area contributed by atoms with E-state index in [0.29, 0.717) is 53.0 Å². The highest BCUT2D eigenvalue weighted by molar-refractivity contribution is 6.33. The fourth-order valence-corrected chi connectivity index (χ4v) is 4.40. The summed E-state index contributed by atoms with van der Waals surface area (Å²) in [7, 11) is 1.63. The number of halogens is 1. The Labute approximate surface area is 227 Å². The number of fused-ring (bicyclic) bond motifs is 1. The van der Waals surface area contributed by atoms with Gasteiger partial charge in [-0.05, 0) is 63.1 Å². The number of carbonyl (C=O) groups is 2. The lowest BCUT2D eigenvalue weighted by atomic mass is 9.96. The summed E-state index contributed by atoms with van der Waals surface area (Å²) < 4.78 is 11.9. The van der Waals surface area contributed by atoms with Gasteiger partial charge >= 0.3 is 6.03 Å². The van der Waals surface area contributed by atoms with Crippen molar-refractivity contribution in [2.75, 3.05) is 25.5 Å². The van der Waals surface area contributed by atoms with E-state index < -0.39 is 0 Å². The SMILES string of the molecule is C=CC(=O)N1CC=C(c2cc3c(Oc4ccc(NC(=O)NC(C)(C)C)c(Cl)c4)ccnc3cc2OC)CC1. The van der Waals surface area contributed by atoms with Gasteiger partial charge in [0.1, 0.15) is 17.2 Å². The summed E-state index contributed by atoms with van der Waals surface area (Å²) in [6.45, 7) is 10.4. The first-order chi connectivity index (χ1) is 18.1. The van der Waals surface area contributed by atoms with Crippen LogP contribution in [0.25, 0.3) is 16.5 Å². The normalized spacial score (nSPS) is 13.5. The number of hydrogen-bond acceptors (Lipinski definition) is 5. The Hall–Kier alpha value is -4.04. The Morgan fingerprint density at radius 3 is 2.58 bits per heavy atom. The molecule has 1 aromatic heterocycles. The molecule has 0 spiro atoms. The second-order valence-corrected chi connectivity index (χ2v) is 10.3. The zero-order valence-corrected chi connectivity index (χ0v) is 22.7. The maximum absolute atomic E-state index is 12.2. The van der Waals surface area contributed by atoms with Crippen LogP contribution in [0.15, 0.2) is 61.3 Å². The van der Waals surface area contributed by atoms with E-state index in [2.05, 4.69) is 22.2 Å². The molecule has 0 fully saturated rings. The topological polar surface area (TPSA) is 92.8 Å². The van der Waals surface area contributed by atoms with Crippen LogP contribution in [0.5, 0.6) is 17.2 Å². The Morgan fingerprint density at radius 2 is 1.95 bits per heavy atom. The summed E-state index contributed by atoms with van der Waals surface area (Å²) in [6.07, 6.45) is 5.72. The van der Waals surface area contributed by atoms with Crippen LogP contribution in [0.4, 0.5) is 10.5 Å². The molecule has 8 nitrogen and oxygen atoms in total. The van der Waals surface area contributed by atoms with Gasteiger partial charge in [-0.15, -0.1) is 0 Å². The molecule has 3 amide bonds. The van der Waals surface area contributed by atoms with Crippen LogP contribution in [0.2, 0.25) is 5.02 Å². The third-order valence-corrected chi connectivity index (χ3v) is 6.28. The molecule has 0 bridgehead atoms. The number of pyridine rings is 1. The first-order valence-electron chi connectivity index (χ1n) is 12.2. The van der Waals surface area contributed by atoms with Gasteiger partial charge in [0.2, 0.25) is 5.91 Å². The molecule has 2 N–H and O–H groups in total. The summed E-state index contributed by atoms with van der Waals surface area (Å²) in [5.41, 5.74) is 2.82. The molecule has 3 aromatic rings. The van der Waals surface area contributed by atoms with E-state index >= 15 is 0 Å². The molecule has 2 aromatic carbocycles. The van der Waals surface area contributed by atoms with Crippen molar-refractivity contribution in [2.24, 2.45) is 0 Å². The van der Waals surface area contributed by atoms with E-state index in [9.17, 15) is 9.59 Å². The van der Waals surface area contributed by atoms with Gasteiger partial charge in [0.25, 0.3) is 0 Å². The van der Waals surface area contributed by atoms with Crippen molar-refractivity contribution in [3.63, 3.8) is 0 Å². The second kappa shape index (κ2) is 11.1. The number of benzene rings is 2. The van der Waals surface area contributed by atoms with Gasteiger partial charge in [-0.3, -0.25) is 9.78 Å². The minimum Gasteiger partial charge on any atom is -0.496 e. The van der Waals surface area contributed by atoms with Crippen LogP contribution in [0.3, 0.4) is 0 Å². The summed E-state index contributed by atoms with van der Waals surface area (Å²) in [6, 6.07) is 10.4. The second-order valence-electron chi connectivity index (χ2n) is 9.92. The van der Waals surface area contributed by atoms with Gasteiger partial charge in [-0.2, -0.15) is 0 Å². The standard InChI is InChI=1S/C29H31ClN4O4/c1-6-27(35)34-13-10-18(11-14-34)20-16-21-24(17-26(20)37-5)31-12-9-25(21)38-19-7-8-23(22(30)15-19)32-28(36)33-29(2,3)4/h6-10,12,15-17H,1,11,13-14H2,2-5H3,(H2,32,33,36). The van der Waals surface area contributed by atoms with Crippen LogP contribution in [0, 0.1) is 0 Å². The molecule has 4 rings (SSSR count). The maximum Gasteiger partial charge on any atom is 0.319 e. The van der Waals surface area contributed by atoms with E-state index in [1.165, 1.54) is 6.08 Å². The number of anilines is 1. The summed E-state index contributed by atoms with van der Waals surface area (Å²) in [4.78, 5) is 30.4. The van der Waals surface area contributed by atoms with E-state index in [-0.39, 0.29) is 17.5 Å². The average Bonchev–Trinajstić information content (AvgIpc) is 2.88. The number of methoxy groups -OCH3 is 1. The van der Waals surface area contributed by atoms with Gasteiger partial charge in [0.05, 0.1) is 23.3 Å². The number of urea groups is 1. The zero-order chi connectivity index (χ0) is 27.4. The van der Waals surface area contributed by atoms with Crippen LogP contribution in [-0.2, 0) is 4.79 Å². The Kier molecular flexibility index (Phi) is 7.92. The molecule has 2 heterocycles. The zero-order valence-electron chi connectivity index (χ0n) is 21.9. The molecular formula is C29H31ClN4O4. The lowest BCUT2D eigenvalue weighted by Gasteiger charge is -2.26. The predicted octanol–water partition coefficient (Wildman–Crippen LogP) is 6.41. The number of amides is 3. The molecule has 0 aliphatic carbocycles. The summed E-state index contributed by atoms with van der Waals surface area (Å²) in [5.74, 6) is 1.72. The quantitative estimate of drug-likeness (QED) is 0.356. The Bertz CT molecular complexity index is 1430. The number of carbonyl (C=O) groups excluding carboxylic acids is 2. The van der Waals surface area contributed by atoms with Crippen molar-refractivity contribution in [1.82, 2.24) is 15.2 Å². The van der Waals surface area contributed by atoms with Crippen LogP contribution in [-0.4, -0.2) is 47.6 Å². The molecule has 1 aliphatic rings. The number of hydrogen-bond donors (Lipinski definition) is 2. The average molecular weight is 535 g/mol. The number of rotatable bonds is 6. The minimum atomic E-state index is -0.375. The first-order valence-corrected chi connectivity index (χ1v) is 12.6. The van der Waals surface area contributed by atoms with Crippen molar-refractivity contribution in [2.45, 2.75) is 32.7 Å². The first kappa shape index (κ1) is 27.0. The largest absolute Gasteiger partial charge is 0.496 e. The highest BCUT2D eigenvalue weighted by Crippen LogP contribution is 2.38. The molecule has 0 radical (unpaired) electrons. The van der Waals surface area contributed by atoms with Gasteiger partial charge in [0.15, 0.2) is 0 Å². The Morgan fingerprint density at radius 1 is 1.16 bits per heavy atom. The number of nitrogens with one attached hydrogen (secondary N) is 2. The Balaban J connectivity index is 1.61. The van der Waals surface area contributed by atoms with E-state index in [0.717, 1.165) is 16.5 Å². The van der Waals surface area contributed by atoms with Crippen molar-refractivity contribution in [3.05, 3.63) is 71.9 Å². The summed E-state index contributed by atoms with van der Waals surface area (Å²) >= 11 is 6.45. The molecule has 0 atom stereocenters. The van der Waals surface area contributed by atoms with Crippen molar-refractivity contribution in [3.8, 4) is 17.2 Å². The van der Waals surface area contributed by atoms with Crippen molar-refractivity contribution in [1.29, 1.82) is 0 Å². The molecule has 0 unspecified atom stereocenters. The van der Waals surface area contributed by atoms with Crippen molar-refractivity contribution >= 4 is 45.7 Å². The highest BCUT2D eigenvalue weighted by Gasteiger charge is 2.20. The van der Waals surface area contributed by atoms with Crippen molar-refractivity contribution < 1.29 is 19.1 Å². The predicted molar refractivity (Wildman–Crippen MR) is 151 cm³/mol. The lowest BCUT2D eigenvalue weighted by Crippen LogP contribution is -2.43. The number of aromatic nitrogens is 1. The maximum atomic E-state index is 12.2.